The Labute approximate surface area is 180 Å². The summed E-state index contributed by atoms with van der Waals surface area (Å²) in [4.78, 5) is 23.4. The average molecular weight is 455 g/mol. The summed E-state index contributed by atoms with van der Waals surface area (Å²) < 4.78 is 50.9. The van der Waals surface area contributed by atoms with E-state index in [4.69, 9.17) is 25.9 Å². The molecule has 1 heterocycles. The van der Waals surface area contributed by atoms with E-state index in [0.29, 0.717) is 12.8 Å². The third-order valence-electron chi connectivity index (χ3n) is 4.74. The highest BCUT2D eigenvalue weighted by atomic mass is 35.5. The van der Waals surface area contributed by atoms with Crippen LogP contribution in [0.1, 0.15) is 25.3 Å². The van der Waals surface area contributed by atoms with Gasteiger partial charge >= 0.3 is 12.1 Å². The Bertz CT molecular complexity index is 1170. The SMILES string of the molecule is CC(CCCOc1cc(C(F)(F)F)ccc1-c1cc(=O)c2cccc(Cl)c2o1)C(=O)O. The molecule has 3 aromatic rings. The molecule has 164 valence electrons. The Morgan fingerprint density at radius 1 is 1.23 bits per heavy atom. The van der Waals surface area contributed by atoms with E-state index in [-0.39, 0.29) is 39.7 Å². The second-order valence-electron chi connectivity index (χ2n) is 7.03. The van der Waals surface area contributed by atoms with E-state index < -0.39 is 29.1 Å². The molecular formula is C22H18ClF3O5. The van der Waals surface area contributed by atoms with Crippen LogP contribution in [0.5, 0.6) is 5.75 Å². The summed E-state index contributed by atoms with van der Waals surface area (Å²) in [5, 5.41) is 9.37. The minimum Gasteiger partial charge on any atom is -0.493 e. The molecule has 0 aliphatic carbocycles. The molecule has 0 amide bonds. The lowest BCUT2D eigenvalue weighted by molar-refractivity contribution is -0.141. The molecule has 1 unspecified atom stereocenters. The summed E-state index contributed by atoms with van der Waals surface area (Å²) in [5.41, 5.74) is -1.06. The fraction of sp³-hybridized carbons (Fsp3) is 0.273. The van der Waals surface area contributed by atoms with Gasteiger partial charge in [-0.2, -0.15) is 13.2 Å². The monoisotopic (exact) mass is 454 g/mol. The van der Waals surface area contributed by atoms with Crippen molar-refractivity contribution in [3.05, 3.63) is 63.3 Å². The number of benzene rings is 2. The summed E-state index contributed by atoms with van der Waals surface area (Å²) in [6.45, 7) is 1.52. The standard InChI is InChI=1S/C22H18ClF3O5/c1-12(21(28)29)4-3-9-30-18-10-13(22(24,25)26)7-8-15(18)19-11-17(27)14-5-2-6-16(23)20(14)31-19/h2,5-8,10-12H,3-4,9H2,1H3,(H,28,29). The van der Waals surface area contributed by atoms with Gasteiger partial charge in [-0.25, -0.2) is 0 Å². The minimum absolute atomic E-state index is 0.00762. The van der Waals surface area contributed by atoms with Crippen molar-refractivity contribution in [1.82, 2.24) is 0 Å². The number of ether oxygens (including phenoxy) is 1. The zero-order chi connectivity index (χ0) is 22.8. The third-order valence-corrected chi connectivity index (χ3v) is 5.04. The minimum atomic E-state index is -4.60. The van der Waals surface area contributed by atoms with Crippen LogP contribution in [-0.2, 0) is 11.0 Å². The van der Waals surface area contributed by atoms with Crippen LogP contribution < -0.4 is 10.2 Å². The van der Waals surface area contributed by atoms with E-state index >= 15 is 0 Å². The second kappa shape index (κ2) is 9.01. The van der Waals surface area contributed by atoms with Crippen LogP contribution in [0.3, 0.4) is 0 Å². The molecule has 3 rings (SSSR count). The van der Waals surface area contributed by atoms with Crippen molar-refractivity contribution in [3.8, 4) is 17.1 Å². The van der Waals surface area contributed by atoms with Gasteiger partial charge in [0.1, 0.15) is 11.5 Å². The van der Waals surface area contributed by atoms with Crippen LogP contribution in [0.15, 0.2) is 51.7 Å². The molecule has 31 heavy (non-hydrogen) atoms. The van der Waals surface area contributed by atoms with Crippen molar-refractivity contribution in [1.29, 1.82) is 0 Å². The van der Waals surface area contributed by atoms with E-state index in [9.17, 15) is 22.8 Å². The van der Waals surface area contributed by atoms with E-state index in [1.54, 1.807) is 6.07 Å². The molecule has 1 aromatic heterocycles. The first-order valence-electron chi connectivity index (χ1n) is 9.37. The zero-order valence-electron chi connectivity index (χ0n) is 16.3. The number of halogens is 4. The number of fused-ring (bicyclic) bond motifs is 1. The van der Waals surface area contributed by atoms with E-state index in [0.717, 1.165) is 12.1 Å². The largest absolute Gasteiger partial charge is 0.493 e. The number of para-hydroxylation sites is 1. The Morgan fingerprint density at radius 3 is 2.65 bits per heavy atom. The Morgan fingerprint density at radius 2 is 1.97 bits per heavy atom. The molecule has 0 saturated heterocycles. The first-order chi connectivity index (χ1) is 14.6. The van der Waals surface area contributed by atoms with Crippen molar-refractivity contribution in [2.75, 3.05) is 6.61 Å². The van der Waals surface area contributed by atoms with Gasteiger partial charge < -0.3 is 14.3 Å². The van der Waals surface area contributed by atoms with Crippen LogP contribution in [0.4, 0.5) is 13.2 Å². The highest BCUT2D eigenvalue weighted by molar-refractivity contribution is 6.34. The molecule has 0 radical (unpaired) electrons. The van der Waals surface area contributed by atoms with E-state index in [1.165, 1.54) is 31.2 Å². The molecule has 0 aliphatic rings. The quantitative estimate of drug-likeness (QED) is 0.442. The number of hydrogen-bond acceptors (Lipinski definition) is 4. The topological polar surface area (TPSA) is 76.7 Å². The van der Waals surface area contributed by atoms with Gasteiger partial charge in [0.05, 0.1) is 34.1 Å². The lowest BCUT2D eigenvalue weighted by atomic mass is 10.1. The predicted molar refractivity (Wildman–Crippen MR) is 109 cm³/mol. The van der Waals surface area contributed by atoms with E-state index in [2.05, 4.69) is 0 Å². The highest BCUT2D eigenvalue weighted by Crippen LogP contribution is 2.38. The van der Waals surface area contributed by atoms with Crippen molar-refractivity contribution in [2.24, 2.45) is 5.92 Å². The van der Waals surface area contributed by atoms with Gasteiger partial charge in [-0.05, 0) is 43.2 Å². The summed E-state index contributed by atoms with van der Waals surface area (Å²) >= 11 is 6.11. The van der Waals surface area contributed by atoms with Crippen LogP contribution in [0.2, 0.25) is 5.02 Å². The van der Waals surface area contributed by atoms with Gasteiger partial charge in [0.25, 0.3) is 0 Å². The van der Waals surface area contributed by atoms with Crippen molar-refractivity contribution in [3.63, 3.8) is 0 Å². The molecular weight excluding hydrogens is 437 g/mol. The number of aliphatic carboxylic acids is 1. The lowest BCUT2D eigenvalue weighted by Crippen LogP contribution is -2.11. The molecule has 0 bridgehead atoms. The molecule has 5 nitrogen and oxygen atoms in total. The normalized spacial score (nSPS) is 12.7. The van der Waals surface area contributed by atoms with E-state index in [1.807, 2.05) is 0 Å². The second-order valence-corrected chi connectivity index (χ2v) is 7.44. The van der Waals surface area contributed by atoms with Gasteiger partial charge in [0.2, 0.25) is 0 Å². The Hall–Kier alpha value is -3.00. The zero-order valence-corrected chi connectivity index (χ0v) is 17.1. The van der Waals surface area contributed by atoms with Crippen LogP contribution in [0, 0.1) is 5.92 Å². The third kappa shape index (κ3) is 5.19. The van der Waals surface area contributed by atoms with Crippen molar-refractivity contribution < 1.29 is 32.2 Å². The van der Waals surface area contributed by atoms with Gasteiger partial charge in [-0.3, -0.25) is 9.59 Å². The van der Waals surface area contributed by atoms with Gasteiger partial charge in [-0.1, -0.05) is 24.6 Å². The number of carboxylic acids is 1. The van der Waals surface area contributed by atoms with Crippen LogP contribution in [0.25, 0.3) is 22.3 Å². The summed E-state index contributed by atoms with van der Waals surface area (Å²) in [7, 11) is 0. The number of carbonyl (C=O) groups is 1. The maximum absolute atomic E-state index is 13.2. The molecule has 2 aromatic carbocycles. The molecule has 0 saturated carbocycles. The predicted octanol–water partition coefficient (Wildman–Crippen LogP) is 6.01. The van der Waals surface area contributed by atoms with Crippen LogP contribution in [-0.4, -0.2) is 17.7 Å². The Balaban J connectivity index is 1.99. The van der Waals surface area contributed by atoms with Gasteiger partial charge in [-0.15, -0.1) is 0 Å². The smallest absolute Gasteiger partial charge is 0.416 e. The first-order valence-corrected chi connectivity index (χ1v) is 9.75. The molecule has 0 fully saturated rings. The molecule has 9 heteroatoms. The number of carboxylic acid groups (broad SMARTS) is 1. The van der Waals surface area contributed by atoms with Crippen LogP contribution >= 0.6 is 11.6 Å². The number of alkyl halides is 3. The van der Waals surface area contributed by atoms with Crippen molar-refractivity contribution in [2.45, 2.75) is 25.9 Å². The summed E-state index contributed by atoms with van der Waals surface area (Å²) in [5.74, 6) is -1.69. The maximum Gasteiger partial charge on any atom is 0.416 e. The molecule has 0 aliphatic heterocycles. The molecule has 1 N–H and O–H groups in total. The number of rotatable bonds is 7. The van der Waals surface area contributed by atoms with Gasteiger partial charge in [0.15, 0.2) is 11.0 Å². The summed E-state index contributed by atoms with van der Waals surface area (Å²) in [6.07, 6.45) is -3.98. The highest BCUT2D eigenvalue weighted by Gasteiger charge is 2.31. The fourth-order valence-electron chi connectivity index (χ4n) is 2.99. The summed E-state index contributed by atoms with van der Waals surface area (Å²) in [6, 6.07) is 8.68. The number of hydrogen-bond donors (Lipinski definition) is 1. The maximum atomic E-state index is 13.2. The average Bonchev–Trinajstić information content (AvgIpc) is 2.70. The van der Waals surface area contributed by atoms with Crippen molar-refractivity contribution >= 4 is 28.5 Å². The fourth-order valence-corrected chi connectivity index (χ4v) is 3.21. The lowest BCUT2D eigenvalue weighted by Gasteiger charge is -2.15. The molecule has 1 atom stereocenters. The first kappa shape index (κ1) is 22.7. The molecule has 0 spiro atoms. The Kier molecular flexibility index (Phi) is 6.59. The van der Waals surface area contributed by atoms with Gasteiger partial charge in [0, 0.05) is 6.07 Å².